The standard InChI is InChI=1S/C18H20F3N3O3S/c1-12-6-7-15(9-16(12)28(22,26)27)23-17(25)11-24(2)10-13-4-3-5-14(8-13)18(19,20)21/h3-9H,10-11H2,1-2H3,(H,23,25)(H2,22,26,27). The molecule has 6 nitrogen and oxygen atoms in total. The van der Waals surface area contributed by atoms with Gasteiger partial charge in [-0.1, -0.05) is 24.3 Å². The fourth-order valence-corrected chi connectivity index (χ4v) is 3.45. The number of sulfonamides is 1. The van der Waals surface area contributed by atoms with Crippen molar-refractivity contribution < 1.29 is 26.4 Å². The SMILES string of the molecule is Cc1ccc(NC(=O)CN(C)Cc2cccc(C(F)(F)F)c2)cc1S(N)(=O)=O. The zero-order chi connectivity index (χ0) is 21.1. The maximum absolute atomic E-state index is 12.8. The molecule has 2 rings (SSSR count). The van der Waals surface area contributed by atoms with E-state index in [1.165, 1.54) is 24.3 Å². The molecule has 152 valence electrons. The monoisotopic (exact) mass is 415 g/mol. The van der Waals surface area contributed by atoms with E-state index in [9.17, 15) is 26.4 Å². The van der Waals surface area contributed by atoms with E-state index in [1.807, 2.05) is 0 Å². The van der Waals surface area contributed by atoms with Crippen LogP contribution in [-0.2, 0) is 27.5 Å². The zero-order valence-corrected chi connectivity index (χ0v) is 16.1. The highest BCUT2D eigenvalue weighted by molar-refractivity contribution is 7.89. The van der Waals surface area contributed by atoms with Gasteiger partial charge >= 0.3 is 6.18 Å². The van der Waals surface area contributed by atoms with Crippen LogP contribution < -0.4 is 10.5 Å². The summed E-state index contributed by atoms with van der Waals surface area (Å²) in [5.41, 5.74) is 0.365. The molecule has 0 fully saturated rings. The minimum Gasteiger partial charge on any atom is -0.325 e. The van der Waals surface area contributed by atoms with Crippen LogP contribution in [0.3, 0.4) is 0 Å². The highest BCUT2D eigenvalue weighted by Gasteiger charge is 2.30. The van der Waals surface area contributed by atoms with Crippen LogP contribution in [0.25, 0.3) is 0 Å². The van der Waals surface area contributed by atoms with Gasteiger partial charge in [-0.05, 0) is 43.3 Å². The van der Waals surface area contributed by atoms with Crippen LogP contribution >= 0.6 is 0 Å². The van der Waals surface area contributed by atoms with E-state index in [4.69, 9.17) is 5.14 Å². The van der Waals surface area contributed by atoms with Crippen LogP contribution in [0.15, 0.2) is 47.4 Å². The van der Waals surface area contributed by atoms with Crippen molar-refractivity contribution >= 4 is 21.6 Å². The van der Waals surface area contributed by atoms with Crippen molar-refractivity contribution in [1.82, 2.24) is 4.90 Å². The molecule has 0 heterocycles. The highest BCUT2D eigenvalue weighted by atomic mass is 32.2. The number of hydrogen-bond acceptors (Lipinski definition) is 4. The van der Waals surface area contributed by atoms with Crippen molar-refractivity contribution in [3.05, 3.63) is 59.2 Å². The van der Waals surface area contributed by atoms with E-state index in [-0.39, 0.29) is 23.7 Å². The van der Waals surface area contributed by atoms with Crippen LogP contribution in [0.4, 0.5) is 18.9 Å². The van der Waals surface area contributed by atoms with Crippen LogP contribution in [0, 0.1) is 6.92 Å². The Balaban J connectivity index is 2.02. The molecule has 0 bridgehead atoms. The molecule has 0 saturated heterocycles. The summed E-state index contributed by atoms with van der Waals surface area (Å²) in [6, 6.07) is 9.18. The Labute approximate surface area is 161 Å². The minimum absolute atomic E-state index is 0.0948. The molecule has 2 aromatic rings. The number of nitrogens with zero attached hydrogens (tertiary/aromatic N) is 1. The number of nitrogens with two attached hydrogens (primary N) is 1. The third-order valence-corrected chi connectivity index (χ3v) is 4.95. The molecule has 2 aromatic carbocycles. The summed E-state index contributed by atoms with van der Waals surface area (Å²) in [5.74, 6) is -0.446. The van der Waals surface area contributed by atoms with Crippen LogP contribution in [0.2, 0.25) is 0 Å². The quantitative estimate of drug-likeness (QED) is 0.759. The molecule has 0 unspecified atom stereocenters. The van der Waals surface area contributed by atoms with Gasteiger partial charge in [-0.3, -0.25) is 9.69 Å². The maximum atomic E-state index is 12.8. The van der Waals surface area contributed by atoms with Crippen LogP contribution in [-0.4, -0.2) is 32.8 Å². The van der Waals surface area contributed by atoms with Gasteiger partial charge in [-0.25, -0.2) is 13.6 Å². The number of alkyl halides is 3. The largest absolute Gasteiger partial charge is 0.416 e. The van der Waals surface area contributed by atoms with Gasteiger partial charge < -0.3 is 5.32 Å². The molecule has 0 aromatic heterocycles. The highest BCUT2D eigenvalue weighted by Crippen LogP contribution is 2.29. The number of hydrogen-bond donors (Lipinski definition) is 2. The second-order valence-corrected chi connectivity index (χ2v) is 7.97. The van der Waals surface area contributed by atoms with E-state index in [0.717, 1.165) is 12.1 Å². The first-order valence-corrected chi connectivity index (χ1v) is 9.69. The lowest BCUT2D eigenvalue weighted by Crippen LogP contribution is -2.30. The lowest BCUT2D eigenvalue weighted by atomic mass is 10.1. The van der Waals surface area contributed by atoms with Crippen LogP contribution in [0.5, 0.6) is 0 Å². The number of nitrogens with one attached hydrogen (secondary N) is 1. The first-order valence-electron chi connectivity index (χ1n) is 8.14. The van der Waals surface area contributed by atoms with Crippen molar-refractivity contribution in [1.29, 1.82) is 0 Å². The Morgan fingerprint density at radius 1 is 1.18 bits per heavy atom. The fourth-order valence-electron chi connectivity index (χ4n) is 2.64. The van der Waals surface area contributed by atoms with E-state index >= 15 is 0 Å². The average Bonchev–Trinajstić information content (AvgIpc) is 2.54. The third-order valence-electron chi connectivity index (χ3n) is 3.90. The number of carbonyl (C=O) groups excluding carboxylic acids is 1. The van der Waals surface area contributed by atoms with Gasteiger partial charge in [-0.2, -0.15) is 13.2 Å². The van der Waals surface area contributed by atoms with E-state index in [2.05, 4.69) is 5.32 Å². The minimum atomic E-state index is -4.43. The number of rotatable bonds is 6. The van der Waals surface area contributed by atoms with E-state index < -0.39 is 27.7 Å². The van der Waals surface area contributed by atoms with Gasteiger partial charge in [0.2, 0.25) is 15.9 Å². The number of halogens is 3. The Bertz CT molecular complexity index is 976. The predicted molar refractivity (Wildman–Crippen MR) is 99.0 cm³/mol. The summed E-state index contributed by atoms with van der Waals surface area (Å²) in [6.07, 6.45) is -4.43. The van der Waals surface area contributed by atoms with Gasteiger partial charge in [0.1, 0.15) is 0 Å². The third kappa shape index (κ3) is 6.04. The Morgan fingerprint density at radius 2 is 1.86 bits per heavy atom. The van der Waals surface area contributed by atoms with Crippen molar-refractivity contribution in [2.45, 2.75) is 24.5 Å². The summed E-state index contributed by atoms with van der Waals surface area (Å²) >= 11 is 0. The molecule has 0 spiro atoms. The van der Waals surface area contributed by atoms with Crippen molar-refractivity contribution in [2.24, 2.45) is 5.14 Å². The Morgan fingerprint density at radius 3 is 2.46 bits per heavy atom. The van der Waals surface area contributed by atoms with Gasteiger partial charge in [0, 0.05) is 12.2 Å². The summed E-state index contributed by atoms with van der Waals surface area (Å²) in [5, 5.41) is 7.69. The fraction of sp³-hybridized carbons (Fsp3) is 0.278. The van der Waals surface area contributed by atoms with Crippen molar-refractivity contribution in [2.75, 3.05) is 18.9 Å². The van der Waals surface area contributed by atoms with Gasteiger partial charge in [0.15, 0.2) is 0 Å². The molecule has 10 heteroatoms. The summed E-state index contributed by atoms with van der Waals surface area (Å²) in [4.78, 5) is 13.6. The number of anilines is 1. The molecule has 0 aliphatic rings. The first-order chi connectivity index (χ1) is 12.9. The van der Waals surface area contributed by atoms with Gasteiger partial charge in [-0.15, -0.1) is 0 Å². The van der Waals surface area contributed by atoms with E-state index in [0.29, 0.717) is 11.1 Å². The van der Waals surface area contributed by atoms with Crippen LogP contribution in [0.1, 0.15) is 16.7 Å². The molecule has 0 radical (unpaired) electrons. The molecular formula is C18H20F3N3O3S. The smallest absolute Gasteiger partial charge is 0.325 e. The summed E-state index contributed by atoms with van der Waals surface area (Å²) in [6.45, 7) is 1.61. The summed E-state index contributed by atoms with van der Waals surface area (Å²) < 4.78 is 61.4. The molecule has 0 aliphatic carbocycles. The number of amides is 1. The second-order valence-electron chi connectivity index (χ2n) is 6.44. The lowest BCUT2D eigenvalue weighted by molar-refractivity contribution is -0.137. The molecule has 0 aliphatic heterocycles. The molecule has 3 N–H and O–H groups in total. The van der Waals surface area contributed by atoms with Gasteiger partial charge in [0.25, 0.3) is 0 Å². The number of primary sulfonamides is 1. The molecule has 0 saturated carbocycles. The average molecular weight is 415 g/mol. The number of benzene rings is 2. The molecule has 1 amide bonds. The Kier molecular flexibility index (Phi) is 6.48. The first kappa shape index (κ1) is 21.9. The number of likely N-dealkylation sites (N-methyl/N-ethyl adjacent to an activating group) is 1. The van der Waals surface area contributed by atoms with E-state index in [1.54, 1.807) is 24.9 Å². The molecule has 0 atom stereocenters. The normalized spacial score (nSPS) is 12.2. The topological polar surface area (TPSA) is 92.5 Å². The zero-order valence-electron chi connectivity index (χ0n) is 15.2. The van der Waals surface area contributed by atoms with Gasteiger partial charge in [0.05, 0.1) is 17.0 Å². The summed E-state index contributed by atoms with van der Waals surface area (Å²) in [7, 11) is -2.34. The maximum Gasteiger partial charge on any atom is 0.416 e. The lowest BCUT2D eigenvalue weighted by Gasteiger charge is -2.17. The molecular weight excluding hydrogens is 395 g/mol. The number of aryl methyl sites for hydroxylation is 1. The Hall–Kier alpha value is -2.43. The van der Waals surface area contributed by atoms with Crippen molar-refractivity contribution in [3.8, 4) is 0 Å². The molecule has 28 heavy (non-hydrogen) atoms. The predicted octanol–water partition coefficient (Wildman–Crippen LogP) is 2.73. The second kappa shape index (κ2) is 8.29. The number of carbonyl (C=O) groups is 1. The van der Waals surface area contributed by atoms with Crippen molar-refractivity contribution in [3.63, 3.8) is 0 Å².